The SMILES string of the molecule is CC(CN)CCN1CCCc2ccccc21. The van der Waals surface area contributed by atoms with E-state index in [0.29, 0.717) is 5.92 Å². The lowest BCUT2D eigenvalue weighted by Crippen LogP contribution is -2.31. The quantitative estimate of drug-likeness (QED) is 0.841. The Kier molecular flexibility index (Phi) is 3.83. The maximum absolute atomic E-state index is 5.66. The van der Waals surface area contributed by atoms with E-state index in [-0.39, 0.29) is 0 Å². The van der Waals surface area contributed by atoms with Crippen LogP contribution in [-0.4, -0.2) is 19.6 Å². The molecule has 1 atom stereocenters. The van der Waals surface area contributed by atoms with Gasteiger partial charge in [-0.3, -0.25) is 0 Å². The number of fused-ring (bicyclic) bond motifs is 1. The summed E-state index contributed by atoms with van der Waals surface area (Å²) in [5.74, 6) is 0.633. The van der Waals surface area contributed by atoms with E-state index < -0.39 is 0 Å². The van der Waals surface area contributed by atoms with Gasteiger partial charge in [-0.1, -0.05) is 25.1 Å². The van der Waals surface area contributed by atoms with E-state index in [1.165, 1.54) is 37.1 Å². The van der Waals surface area contributed by atoms with Crippen molar-refractivity contribution in [1.29, 1.82) is 0 Å². The normalized spacial score (nSPS) is 17.0. The number of nitrogens with two attached hydrogens (primary N) is 1. The van der Waals surface area contributed by atoms with Gasteiger partial charge in [0, 0.05) is 18.8 Å². The molecule has 2 N–H and O–H groups in total. The zero-order valence-electron chi connectivity index (χ0n) is 10.2. The fourth-order valence-corrected chi connectivity index (χ4v) is 2.34. The number of hydrogen-bond acceptors (Lipinski definition) is 2. The molecule has 1 aliphatic heterocycles. The van der Waals surface area contributed by atoms with Crippen LogP contribution < -0.4 is 10.6 Å². The Morgan fingerprint density at radius 1 is 1.38 bits per heavy atom. The van der Waals surface area contributed by atoms with E-state index in [1.54, 1.807) is 0 Å². The Labute approximate surface area is 98.4 Å². The van der Waals surface area contributed by atoms with Crippen molar-refractivity contribution in [3.63, 3.8) is 0 Å². The van der Waals surface area contributed by atoms with Crippen molar-refractivity contribution in [2.45, 2.75) is 26.2 Å². The lowest BCUT2D eigenvalue weighted by Gasteiger charge is -2.32. The Balaban J connectivity index is 2.01. The van der Waals surface area contributed by atoms with Gasteiger partial charge in [-0.15, -0.1) is 0 Å². The molecular formula is C14H22N2. The number of aryl methyl sites for hydroxylation is 1. The summed E-state index contributed by atoms with van der Waals surface area (Å²) in [6, 6.07) is 8.80. The van der Waals surface area contributed by atoms with Gasteiger partial charge < -0.3 is 10.6 Å². The van der Waals surface area contributed by atoms with Crippen molar-refractivity contribution < 1.29 is 0 Å². The molecule has 2 rings (SSSR count). The van der Waals surface area contributed by atoms with E-state index in [2.05, 4.69) is 36.1 Å². The average Bonchev–Trinajstić information content (AvgIpc) is 2.35. The fourth-order valence-electron chi connectivity index (χ4n) is 2.34. The minimum absolute atomic E-state index is 0.633. The van der Waals surface area contributed by atoms with Gasteiger partial charge >= 0.3 is 0 Å². The smallest absolute Gasteiger partial charge is 0.0398 e. The number of anilines is 1. The molecule has 0 saturated carbocycles. The second-order valence-corrected chi connectivity index (χ2v) is 4.85. The third-order valence-electron chi connectivity index (χ3n) is 3.50. The largest absolute Gasteiger partial charge is 0.371 e. The Morgan fingerprint density at radius 3 is 3.00 bits per heavy atom. The number of rotatable bonds is 4. The van der Waals surface area contributed by atoms with Crippen LogP contribution in [0.2, 0.25) is 0 Å². The standard InChI is InChI=1S/C14H22N2/c1-12(11-15)8-10-16-9-4-6-13-5-2-3-7-14(13)16/h2-3,5,7,12H,4,6,8-11,15H2,1H3. The first-order valence-electron chi connectivity index (χ1n) is 6.34. The summed E-state index contributed by atoms with van der Waals surface area (Å²) in [5, 5.41) is 0. The lowest BCUT2D eigenvalue weighted by atomic mass is 10.0. The van der Waals surface area contributed by atoms with E-state index in [4.69, 9.17) is 5.73 Å². The first kappa shape index (κ1) is 11.5. The van der Waals surface area contributed by atoms with Crippen LogP contribution in [0.1, 0.15) is 25.3 Å². The second-order valence-electron chi connectivity index (χ2n) is 4.85. The molecule has 88 valence electrons. The summed E-state index contributed by atoms with van der Waals surface area (Å²) in [6.07, 6.45) is 3.72. The number of nitrogens with zero attached hydrogens (tertiary/aromatic N) is 1. The van der Waals surface area contributed by atoms with Crippen LogP contribution in [-0.2, 0) is 6.42 Å². The van der Waals surface area contributed by atoms with Gasteiger partial charge in [0.25, 0.3) is 0 Å². The summed E-state index contributed by atoms with van der Waals surface area (Å²) >= 11 is 0. The molecule has 0 amide bonds. The van der Waals surface area contributed by atoms with E-state index >= 15 is 0 Å². The average molecular weight is 218 g/mol. The molecule has 1 aliphatic rings. The molecule has 2 nitrogen and oxygen atoms in total. The first-order chi connectivity index (χ1) is 7.81. The Hall–Kier alpha value is -1.02. The zero-order chi connectivity index (χ0) is 11.4. The van der Waals surface area contributed by atoms with Crippen LogP contribution in [0.25, 0.3) is 0 Å². The highest BCUT2D eigenvalue weighted by Gasteiger charge is 2.16. The molecule has 0 radical (unpaired) electrons. The van der Waals surface area contributed by atoms with Crippen molar-refractivity contribution in [1.82, 2.24) is 0 Å². The molecular weight excluding hydrogens is 196 g/mol. The summed E-state index contributed by atoms with van der Waals surface area (Å²) in [7, 11) is 0. The monoisotopic (exact) mass is 218 g/mol. The maximum atomic E-state index is 5.66. The highest BCUT2D eigenvalue weighted by atomic mass is 15.1. The van der Waals surface area contributed by atoms with E-state index in [1.807, 2.05) is 0 Å². The van der Waals surface area contributed by atoms with Crippen molar-refractivity contribution in [3.05, 3.63) is 29.8 Å². The molecule has 0 bridgehead atoms. The van der Waals surface area contributed by atoms with Crippen molar-refractivity contribution >= 4 is 5.69 Å². The third kappa shape index (κ3) is 2.56. The molecule has 0 saturated heterocycles. The van der Waals surface area contributed by atoms with Crippen LogP contribution in [0.5, 0.6) is 0 Å². The predicted molar refractivity (Wildman–Crippen MR) is 69.8 cm³/mol. The van der Waals surface area contributed by atoms with Gasteiger partial charge in [0.15, 0.2) is 0 Å². The molecule has 2 heteroatoms. The van der Waals surface area contributed by atoms with E-state index in [9.17, 15) is 0 Å². The predicted octanol–water partition coefficient (Wildman–Crippen LogP) is 2.42. The van der Waals surface area contributed by atoms with Crippen molar-refractivity contribution in [3.8, 4) is 0 Å². The van der Waals surface area contributed by atoms with Crippen LogP contribution >= 0.6 is 0 Å². The molecule has 1 aromatic carbocycles. The van der Waals surface area contributed by atoms with Crippen molar-refractivity contribution in [2.24, 2.45) is 11.7 Å². The molecule has 0 aromatic heterocycles. The van der Waals surface area contributed by atoms with Gasteiger partial charge in [0.1, 0.15) is 0 Å². The zero-order valence-corrected chi connectivity index (χ0v) is 10.2. The van der Waals surface area contributed by atoms with Gasteiger partial charge in [0.2, 0.25) is 0 Å². The van der Waals surface area contributed by atoms with Crippen LogP contribution in [0, 0.1) is 5.92 Å². The number of hydrogen-bond donors (Lipinski definition) is 1. The van der Waals surface area contributed by atoms with Crippen molar-refractivity contribution in [2.75, 3.05) is 24.5 Å². The number of para-hydroxylation sites is 1. The summed E-state index contributed by atoms with van der Waals surface area (Å²) < 4.78 is 0. The molecule has 1 unspecified atom stereocenters. The van der Waals surface area contributed by atoms with Gasteiger partial charge in [0.05, 0.1) is 0 Å². The Morgan fingerprint density at radius 2 is 2.19 bits per heavy atom. The molecule has 0 spiro atoms. The third-order valence-corrected chi connectivity index (χ3v) is 3.50. The van der Waals surface area contributed by atoms with Crippen LogP contribution in [0.4, 0.5) is 5.69 Å². The summed E-state index contributed by atoms with van der Waals surface area (Å²) in [5.41, 5.74) is 8.61. The molecule has 1 heterocycles. The molecule has 0 aliphatic carbocycles. The summed E-state index contributed by atoms with van der Waals surface area (Å²) in [6.45, 7) is 5.38. The Bertz CT molecular complexity index is 335. The van der Waals surface area contributed by atoms with E-state index in [0.717, 1.165) is 13.1 Å². The van der Waals surface area contributed by atoms with Gasteiger partial charge in [-0.05, 0) is 43.4 Å². The minimum atomic E-state index is 0.633. The highest BCUT2D eigenvalue weighted by molar-refractivity contribution is 5.55. The van der Waals surface area contributed by atoms with Crippen LogP contribution in [0.15, 0.2) is 24.3 Å². The molecule has 0 fully saturated rings. The summed E-state index contributed by atoms with van der Waals surface area (Å²) in [4.78, 5) is 2.52. The number of benzene rings is 1. The first-order valence-corrected chi connectivity index (χ1v) is 6.34. The minimum Gasteiger partial charge on any atom is -0.371 e. The lowest BCUT2D eigenvalue weighted by molar-refractivity contribution is 0.528. The van der Waals surface area contributed by atoms with Gasteiger partial charge in [-0.2, -0.15) is 0 Å². The molecule has 16 heavy (non-hydrogen) atoms. The van der Waals surface area contributed by atoms with Gasteiger partial charge in [-0.25, -0.2) is 0 Å². The second kappa shape index (κ2) is 5.35. The highest BCUT2D eigenvalue weighted by Crippen LogP contribution is 2.26. The fraction of sp³-hybridized carbons (Fsp3) is 0.571. The maximum Gasteiger partial charge on any atom is 0.0398 e. The topological polar surface area (TPSA) is 29.3 Å². The van der Waals surface area contributed by atoms with Crippen LogP contribution in [0.3, 0.4) is 0 Å². The molecule has 1 aromatic rings.